The zero-order valence-corrected chi connectivity index (χ0v) is 16.4. The SMILES string of the molecule is O=C(NCC1CCN(C(=O)Nc2ccc(F)cc2)CC1)c1ccc(OC(F)(F)F)cc1. The number of nitrogens with zero attached hydrogens (tertiary/aromatic N) is 1. The lowest BCUT2D eigenvalue weighted by molar-refractivity contribution is -0.274. The standard InChI is InChI=1S/C21H21F4N3O3/c22-16-3-5-17(6-4-16)27-20(30)28-11-9-14(10-12-28)13-26-19(29)15-1-7-18(8-2-15)31-21(23,24)25/h1-8,14H,9-13H2,(H,26,29)(H,27,30). The molecule has 2 N–H and O–H groups in total. The van der Waals surface area contributed by atoms with E-state index in [0.29, 0.717) is 38.2 Å². The number of alkyl halides is 3. The van der Waals surface area contributed by atoms with Gasteiger partial charge in [-0.25, -0.2) is 9.18 Å². The molecule has 3 rings (SSSR count). The third-order valence-electron chi connectivity index (χ3n) is 4.90. The first-order valence-corrected chi connectivity index (χ1v) is 9.65. The van der Waals surface area contributed by atoms with Crippen LogP contribution in [0.1, 0.15) is 23.2 Å². The molecule has 10 heteroatoms. The minimum atomic E-state index is -4.78. The largest absolute Gasteiger partial charge is 0.573 e. The van der Waals surface area contributed by atoms with E-state index in [4.69, 9.17) is 0 Å². The summed E-state index contributed by atoms with van der Waals surface area (Å²) in [7, 11) is 0. The lowest BCUT2D eigenvalue weighted by Crippen LogP contribution is -2.43. The molecule has 0 saturated carbocycles. The van der Waals surface area contributed by atoms with Gasteiger partial charge in [-0.2, -0.15) is 0 Å². The van der Waals surface area contributed by atoms with Crippen LogP contribution in [0.15, 0.2) is 48.5 Å². The van der Waals surface area contributed by atoms with Gasteiger partial charge in [-0.05, 0) is 67.3 Å². The Kier molecular flexibility index (Phi) is 6.98. The van der Waals surface area contributed by atoms with Crippen molar-refractivity contribution in [3.05, 3.63) is 59.9 Å². The minimum Gasteiger partial charge on any atom is -0.406 e. The average molecular weight is 439 g/mol. The van der Waals surface area contributed by atoms with Crippen LogP contribution in [0.5, 0.6) is 5.75 Å². The Hall–Kier alpha value is -3.30. The summed E-state index contributed by atoms with van der Waals surface area (Å²) in [5, 5.41) is 5.48. The van der Waals surface area contributed by atoms with Crippen LogP contribution >= 0.6 is 0 Å². The van der Waals surface area contributed by atoms with Crippen LogP contribution < -0.4 is 15.4 Å². The Morgan fingerprint density at radius 3 is 2.19 bits per heavy atom. The van der Waals surface area contributed by atoms with E-state index in [0.717, 1.165) is 12.1 Å². The van der Waals surface area contributed by atoms with Gasteiger partial charge in [0, 0.05) is 30.9 Å². The van der Waals surface area contributed by atoms with Gasteiger partial charge in [-0.15, -0.1) is 13.2 Å². The predicted octanol–water partition coefficient (Wildman–Crippen LogP) is 4.40. The molecule has 166 valence electrons. The summed E-state index contributed by atoms with van der Waals surface area (Å²) >= 11 is 0. The van der Waals surface area contributed by atoms with Gasteiger partial charge in [0.25, 0.3) is 5.91 Å². The number of benzene rings is 2. The van der Waals surface area contributed by atoms with Crippen LogP contribution in [0.3, 0.4) is 0 Å². The van der Waals surface area contributed by atoms with Gasteiger partial charge < -0.3 is 20.3 Å². The highest BCUT2D eigenvalue weighted by molar-refractivity contribution is 5.94. The van der Waals surface area contributed by atoms with Crippen molar-refractivity contribution in [1.82, 2.24) is 10.2 Å². The number of rotatable bonds is 5. The number of hydrogen-bond donors (Lipinski definition) is 2. The van der Waals surface area contributed by atoms with Crippen LogP contribution in [-0.4, -0.2) is 42.8 Å². The summed E-state index contributed by atoms with van der Waals surface area (Å²) in [5.41, 5.74) is 0.734. The van der Waals surface area contributed by atoms with E-state index >= 15 is 0 Å². The van der Waals surface area contributed by atoms with E-state index in [2.05, 4.69) is 15.4 Å². The molecule has 1 aliphatic heterocycles. The molecule has 31 heavy (non-hydrogen) atoms. The van der Waals surface area contributed by atoms with E-state index in [1.54, 1.807) is 4.90 Å². The first-order chi connectivity index (χ1) is 14.7. The molecule has 0 aromatic heterocycles. The zero-order valence-electron chi connectivity index (χ0n) is 16.4. The number of likely N-dealkylation sites (tertiary alicyclic amines) is 1. The monoisotopic (exact) mass is 439 g/mol. The van der Waals surface area contributed by atoms with Crippen molar-refractivity contribution in [2.24, 2.45) is 5.92 Å². The molecule has 6 nitrogen and oxygen atoms in total. The molecule has 0 atom stereocenters. The second-order valence-corrected chi connectivity index (χ2v) is 7.15. The summed E-state index contributed by atoms with van der Waals surface area (Å²) in [4.78, 5) is 26.2. The lowest BCUT2D eigenvalue weighted by Gasteiger charge is -2.32. The summed E-state index contributed by atoms with van der Waals surface area (Å²) in [6.45, 7) is 1.42. The second kappa shape index (κ2) is 9.67. The molecule has 0 unspecified atom stereocenters. The highest BCUT2D eigenvalue weighted by Crippen LogP contribution is 2.23. The average Bonchev–Trinajstić information content (AvgIpc) is 2.73. The Labute approximate surface area is 176 Å². The van der Waals surface area contributed by atoms with E-state index in [1.165, 1.54) is 36.4 Å². The first kappa shape index (κ1) is 22.4. The zero-order chi connectivity index (χ0) is 22.4. The van der Waals surface area contributed by atoms with Gasteiger partial charge in [0.1, 0.15) is 11.6 Å². The van der Waals surface area contributed by atoms with Crippen LogP contribution in [-0.2, 0) is 0 Å². The van der Waals surface area contributed by atoms with Crippen molar-refractivity contribution in [2.45, 2.75) is 19.2 Å². The Morgan fingerprint density at radius 2 is 1.61 bits per heavy atom. The smallest absolute Gasteiger partial charge is 0.406 e. The Balaban J connectivity index is 1.41. The van der Waals surface area contributed by atoms with Gasteiger partial charge in [0.2, 0.25) is 0 Å². The van der Waals surface area contributed by atoms with Crippen molar-refractivity contribution in [3.63, 3.8) is 0 Å². The van der Waals surface area contributed by atoms with Crippen molar-refractivity contribution in [3.8, 4) is 5.75 Å². The number of ether oxygens (including phenoxy) is 1. The summed E-state index contributed by atoms with van der Waals surface area (Å²) in [6.07, 6.45) is -3.40. The number of carbonyl (C=O) groups excluding carboxylic acids is 2. The molecule has 0 radical (unpaired) electrons. The molecule has 1 saturated heterocycles. The molecule has 1 fully saturated rings. The maximum absolute atomic E-state index is 12.9. The van der Waals surface area contributed by atoms with Gasteiger partial charge in [-0.1, -0.05) is 0 Å². The highest BCUT2D eigenvalue weighted by Gasteiger charge is 2.31. The van der Waals surface area contributed by atoms with Crippen LogP contribution in [0.25, 0.3) is 0 Å². The lowest BCUT2D eigenvalue weighted by atomic mass is 9.97. The molecule has 2 aromatic carbocycles. The third kappa shape index (κ3) is 6.87. The summed E-state index contributed by atoms with van der Waals surface area (Å²) in [5.74, 6) is -0.997. The highest BCUT2D eigenvalue weighted by atomic mass is 19.4. The van der Waals surface area contributed by atoms with Crippen LogP contribution in [0.2, 0.25) is 0 Å². The summed E-state index contributed by atoms with van der Waals surface area (Å²) < 4.78 is 53.3. The number of amides is 3. The first-order valence-electron chi connectivity index (χ1n) is 9.65. The second-order valence-electron chi connectivity index (χ2n) is 7.15. The van der Waals surface area contributed by atoms with Crippen molar-refractivity contribution in [1.29, 1.82) is 0 Å². The molecule has 0 spiro atoms. The maximum Gasteiger partial charge on any atom is 0.573 e. The molecule has 0 aliphatic carbocycles. The van der Waals surface area contributed by atoms with Crippen molar-refractivity contribution < 1.29 is 31.9 Å². The van der Waals surface area contributed by atoms with Crippen LogP contribution in [0.4, 0.5) is 28.0 Å². The van der Waals surface area contributed by atoms with E-state index < -0.39 is 18.0 Å². The molecule has 1 aliphatic rings. The number of urea groups is 1. The molecule has 0 bridgehead atoms. The number of anilines is 1. The predicted molar refractivity (Wildman–Crippen MR) is 105 cm³/mol. The molecule has 2 aromatic rings. The van der Waals surface area contributed by atoms with Gasteiger partial charge >= 0.3 is 12.4 Å². The van der Waals surface area contributed by atoms with Crippen molar-refractivity contribution in [2.75, 3.05) is 25.0 Å². The quantitative estimate of drug-likeness (QED) is 0.679. The minimum absolute atomic E-state index is 0.173. The Morgan fingerprint density at radius 1 is 1.00 bits per heavy atom. The number of carbonyl (C=O) groups is 2. The molecular weight excluding hydrogens is 418 g/mol. The van der Waals surface area contributed by atoms with E-state index in [-0.39, 0.29) is 23.3 Å². The maximum atomic E-state index is 12.9. The van der Waals surface area contributed by atoms with Gasteiger partial charge in [0.05, 0.1) is 0 Å². The fraction of sp³-hybridized carbons (Fsp3) is 0.333. The van der Waals surface area contributed by atoms with E-state index in [9.17, 15) is 27.2 Å². The van der Waals surface area contributed by atoms with Gasteiger partial charge in [0.15, 0.2) is 0 Å². The van der Waals surface area contributed by atoms with E-state index in [1.807, 2.05) is 0 Å². The van der Waals surface area contributed by atoms with Crippen molar-refractivity contribution >= 4 is 17.6 Å². The number of nitrogens with one attached hydrogen (secondary N) is 2. The number of piperidine rings is 1. The topological polar surface area (TPSA) is 70.7 Å². The normalized spacial score (nSPS) is 14.8. The fourth-order valence-corrected chi connectivity index (χ4v) is 3.22. The number of halogens is 4. The van der Waals surface area contributed by atoms with Gasteiger partial charge in [-0.3, -0.25) is 4.79 Å². The molecule has 1 heterocycles. The van der Waals surface area contributed by atoms with Crippen LogP contribution in [0, 0.1) is 11.7 Å². The fourth-order valence-electron chi connectivity index (χ4n) is 3.22. The summed E-state index contributed by atoms with van der Waals surface area (Å²) in [6, 6.07) is 9.92. The third-order valence-corrected chi connectivity index (χ3v) is 4.90. The number of hydrogen-bond acceptors (Lipinski definition) is 3. The molecule has 3 amide bonds. The Bertz CT molecular complexity index is 894. The molecular formula is C21H21F4N3O3.